The molecule has 106 valence electrons. The second-order valence-corrected chi connectivity index (χ2v) is 4.83. The number of benzene rings is 2. The monoisotopic (exact) mass is 273 g/mol. The standard InChI is InChI=1S/C17H20FNO/c1-3-10-20-15-7-5-14(6-8-15)12-19-17-9-4-13(2)11-16(17)18/h4-9,11,19H,3,10,12H2,1-2H3. The molecule has 0 atom stereocenters. The van der Waals surface area contributed by atoms with Crippen LogP contribution in [0.15, 0.2) is 42.5 Å². The fourth-order valence-corrected chi connectivity index (χ4v) is 1.88. The number of anilines is 1. The Morgan fingerprint density at radius 3 is 2.50 bits per heavy atom. The molecule has 0 heterocycles. The van der Waals surface area contributed by atoms with Gasteiger partial charge >= 0.3 is 0 Å². The molecular formula is C17H20FNO. The van der Waals surface area contributed by atoms with Crippen LogP contribution in [0.2, 0.25) is 0 Å². The topological polar surface area (TPSA) is 21.3 Å². The highest BCUT2D eigenvalue weighted by molar-refractivity contribution is 5.46. The first-order chi connectivity index (χ1) is 9.69. The number of rotatable bonds is 6. The third-order valence-corrected chi connectivity index (χ3v) is 3.00. The van der Waals surface area contributed by atoms with Crippen molar-refractivity contribution in [3.05, 3.63) is 59.4 Å². The van der Waals surface area contributed by atoms with Crippen molar-refractivity contribution < 1.29 is 9.13 Å². The van der Waals surface area contributed by atoms with E-state index in [9.17, 15) is 4.39 Å². The van der Waals surface area contributed by atoms with E-state index in [1.165, 1.54) is 6.07 Å². The molecule has 0 fully saturated rings. The summed E-state index contributed by atoms with van der Waals surface area (Å²) >= 11 is 0. The fraction of sp³-hybridized carbons (Fsp3) is 0.294. The smallest absolute Gasteiger partial charge is 0.146 e. The molecule has 0 saturated heterocycles. The second-order valence-electron chi connectivity index (χ2n) is 4.83. The molecule has 0 amide bonds. The molecule has 0 spiro atoms. The van der Waals surface area contributed by atoms with Crippen LogP contribution in [0.25, 0.3) is 0 Å². The molecule has 0 radical (unpaired) electrons. The van der Waals surface area contributed by atoms with Gasteiger partial charge in [-0.2, -0.15) is 0 Å². The Labute approximate surface area is 119 Å². The molecule has 3 heteroatoms. The minimum absolute atomic E-state index is 0.215. The first kappa shape index (κ1) is 14.4. The summed E-state index contributed by atoms with van der Waals surface area (Å²) in [4.78, 5) is 0. The van der Waals surface area contributed by atoms with E-state index in [0.29, 0.717) is 12.2 Å². The van der Waals surface area contributed by atoms with E-state index in [0.717, 1.165) is 29.9 Å². The lowest BCUT2D eigenvalue weighted by Crippen LogP contribution is -2.02. The van der Waals surface area contributed by atoms with Crippen LogP contribution in [0, 0.1) is 12.7 Å². The predicted octanol–water partition coefficient (Wildman–Crippen LogP) is 4.54. The van der Waals surface area contributed by atoms with Crippen LogP contribution in [-0.2, 0) is 6.54 Å². The Kier molecular flexibility index (Phi) is 4.99. The lowest BCUT2D eigenvalue weighted by molar-refractivity contribution is 0.317. The van der Waals surface area contributed by atoms with Crippen molar-refractivity contribution in [2.75, 3.05) is 11.9 Å². The first-order valence-corrected chi connectivity index (χ1v) is 6.91. The fourth-order valence-electron chi connectivity index (χ4n) is 1.88. The first-order valence-electron chi connectivity index (χ1n) is 6.91. The van der Waals surface area contributed by atoms with Gasteiger partial charge in [-0.15, -0.1) is 0 Å². The van der Waals surface area contributed by atoms with Crippen molar-refractivity contribution in [1.82, 2.24) is 0 Å². The SMILES string of the molecule is CCCOc1ccc(CNc2ccc(C)cc2F)cc1. The summed E-state index contributed by atoms with van der Waals surface area (Å²) in [6, 6.07) is 13.1. The predicted molar refractivity (Wildman–Crippen MR) is 80.7 cm³/mol. The Morgan fingerprint density at radius 2 is 1.85 bits per heavy atom. The van der Waals surface area contributed by atoms with E-state index in [4.69, 9.17) is 4.74 Å². The average Bonchev–Trinajstić information content (AvgIpc) is 2.45. The molecule has 2 nitrogen and oxygen atoms in total. The van der Waals surface area contributed by atoms with Gasteiger partial charge in [-0.25, -0.2) is 4.39 Å². The molecular weight excluding hydrogens is 253 g/mol. The summed E-state index contributed by atoms with van der Waals surface area (Å²) in [7, 11) is 0. The third kappa shape index (κ3) is 3.98. The zero-order valence-corrected chi connectivity index (χ0v) is 11.9. The highest BCUT2D eigenvalue weighted by Crippen LogP contribution is 2.17. The Hall–Kier alpha value is -2.03. The van der Waals surface area contributed by atoms with E-state index in [1.807, 2.05) is 37.3 Å². The molecule has 2 aromatic rings. The van der Waals surface area contributed by atoms with Gasteiger partial charge in [0.05, 0.1) is 12.3 Å². The van der Waals surface area contributed by atoms with Gasteiger partial charge in [0.2, 0.25) is 0 Å². The minimum atomic E-state index is -0.215. The van der Waals surface area contributed by atoms with Gasteiger partial charge in [0, 0.05) is 6.54 Å². The highest BCUT2D eigenvalue weighted by atomic mass is 19.1. The molecule has 2 aromatic carbocycles. The van der Waals surface area contributed by atoms with Crippen LogP contribution in [0.1, 0.15) is 24.5 Å². The van der Waals surface area contributed by atoms with Gasteiger partial charge < -0.3 is 10.1 Å². The van der Waals surface area contributed by atoms with Crippen LogP contribution in [-0.4, -0.2) is 6.61 Å². The summed E-state index contributed by atoms with van der Waals surface area (Å²) < 4.78 is 19.2. The third-order valence-electron chi connectivity index (χ3n) is 3.00. The van der Waals surface area contributed by atoms with Gasteiger partial charge in [-0.05, 0) is 48.7 Å². The van der Waals surface area contributed by atoms with E-state index in [2.05, 4.69) is 12.2 Å². The number of halogens is 1. The zero-order chi connectivity index (χ0) is 14.4. The molecule has 0 aromatic heterocycles. The van der Waals surface area contributed by atoms with Gasteiger partial charge in [0.25, 0.3) is 0 Å². The molecule has 0 aliphatic rings. The van der Waals surface area contributed by atoms with Crippen LogP contribution >= 0.6 is 0 Å². The second kappa shape index (κ2) is 6.94. The normalized spacial score (nSPS) is 10.3. The zero-order valence-electron chi connectivity index (χ0n) is 11.9. The molecule has 1 N–H and O–H groups in total. The van der Waals surface area contributed by atoms with Crippen LogP contribution < -0.4 is 10.1 Å². The Morgan fingerprint density at radius 1 is 1.10 bits per heavy atom. The van der Waals surface area contributed by atoms with Crippen molar-refractivity contribution in [2.24, 2.45) is 0 Å². The van der Waals surface area contributed by atoms with Crippen molar-refractivity contribution in [1.29, 1.82) is 0 Å². The number of aryl methyl sites for hydroxylation is 1. The molecule has 0 saturated carbocycles. The van der Waals surface area contributed by atoms with Gasteiger partial charge in [0.1, 0.15) is 11.6 Å². The summed E-state index contributed by atoms with van der Waals surface area (Å²) in [6.45, 7) is 5.27. The van der Waals surface area contributed by atoms with Crippen molar-refractivity contribution in [3.8, 4) is 5.75 Å². The Bertz CT molecular complexity index is 551. The summed E-state index contributed by atoms with van der Waals surface area (Å²) in [5.41, 5.74) is 2.54. The van der Waals surface area contributed by atoms with E-state index < -0.39 is 0 Å². The maximum atomic E-state index is 13.7. The van der Waals surface area contributed by atoms with Gasteiger partial charge in [-0.1, -0.05) is 25.1 Å². The van der Waals surface area contributed by atoms with Crippen LogP contribution in [0.5, 0.6) is 5.75 Å². The minimum Gasteiger partial charge on any atom is -0.494 e. The van der Waals surface area contributed by atoms with Gasteiger partial charge in [0.15, 0.2) is 0 Å². The number of hydrogen-bond acceptors (Lipinski definition) is 2. The number of ether oxygens (including phenoxy) is 1. The van der Waals surface area contributed by atoms with E-state index >= 15 is 0 Å². The van der Waals surface area contributed by atoms with Gasteiger partial charge in [-0.3, -0.25) is 0 Å². The maximum absolute atomic E-state index is 13.7. The highest BCUT2D eigenvalue weighted by Gasteiger charge is 2.02. The van der Waals surface area contributed by atoms with Crippen LogP contribution in [0.3, 0.4) is 0 Å². The van der Waals surface area contributed by atoms with Crippen molar-refractivity contribution >= 4 is 5.69 Å². The van der Waals surface area contributed by atoms with Crippen molar-refractivity contribution in [2.45, 2.75) is 26.8 Å². The largest absolute Gasteiger partial charge is 0.494 e. The lowest BCUT2D eigenvalue weighted by atomic mass is 10.2. The van der Waals surface area contributed by atoms with E-state index in [-0.39, 0.29) is 5.82 Å². The molecule has 2 rings (SSSR count). The summed E-state index contributed by atoms with van der Waals surface area (Å²) in [6.07, 6.45) is 0.996. The molecule has 0 bridgehead atoms. The molecule has 20 heavy (non-hydrogen) atoms. The average molecular weight is 273 g/mol. The lowest BCUT2D eigenvalue weighted by Gasteiger charge is -2.09. The quantitative estimate of drug-likeness (QED) is 0.834. The Balaban J connectivity index is 1.93. The summed E-state index contributed by atoms with van der Waals surface area (Å²) in [5.74, 6) is 0.657. The maximum Gasteiger partial charge on any atom is 0.146 e. The number of hydrogen-bond donors (Lipinski definition) is 1. The van der Waals surface area contributed by atoms with Crippen molar-refractivity contribution in [3.63, 3.8) is 0 Å². The summed E-state index contributed by atoms with van der Waals surface area (Å²) in [5, 5.41) is 3.10. The molecule has 0 aliphatic heterocycles. The van der Waals surface area contributed by atoms with Crippen LogP contribution in [0.4, 0.5) is 10.1 Å². The van der Waals surface area contributed by atoms with E-state index in [1.54, 1.807) is 6.07 Å². The number of nitrogens with one attached hydrogen (secondary N) is 1. The molecule has 0 unspecified atom stereocenters. The molecule has 0 aliphatic carbocycles.